The molecular weight excluding hydrogens is 362 g/mol. The van der Waals surface area contributed by atoms with Gasteiger partial charge in [-0.1, -0.05) is 25.1 Å². The van der Waals surface area contributed by atoms with Gasteiger partial charge in [0.2, 0.25) is 5.91 Å². The fourth-order valence-corrected chi connectivity index (χ4v) is 3.23. The predicted molar refractivity (Wildman–Crippen MR) is 108 cm³/mol. The zero-order chi connectivity index (χ0) is 20.1. The van der Waals surface area contributed by atoms with Crippen molar-refractivity contribution >= 4 is 23.1 Å². The normalized spacial score (nSPS) is 14.1. The van der Waals surface area contributed by atoms with Crippen molar-refractivity contribution in [3.63, 3.8) is 0 Å². The van der Waals surface area contributed by atoms with E-state index in [0.717, 1.165) is 4.57 Å². The van der Waals surface area contributed by atoms with Crippen LogP contribution in [-0.4, -0.2) is 41.3 Å². The second kappa shape index (κ2) is 8.75. The predicted octanol–water partition coefficient (Wildman–Crippen LogP) is 0.478. The van der Waals surface area contributed by atoms with Crippen LogP contribution in [0.15, 0.2) is 39.9 Å². The summed E-state index contributed by atoms with van der Waals surface area (Å²) in [5.74, 6) is -0.315. The molecule has 1 aromatic carbocycles. The largest absolute Gasteiger partial charge is 0.383 e. The molecule has 1 aromatic heterocycles. The van der Waals surface area contributed by atoms with Gasteiger partial charge in [-0.25, -0.2) is 9.36 Å². The third-order valence-electron chi connectivity index (χ3n) is 4.58. The monoisotopic (exact) mass is 387 g/mol. The number of para-hydroxylation sites is 1. The molecule has 0 spiro atoms. The van der Waals surface area contributed by atoms with E-state index in [0.29, 0.717) is 45.0 Å². The summed E-state index contributed by atoms with van der Waals surface area (Å²) in [5.41, 5.74) is 5.91. The third-order valence-corrected chi connectivity index (χ3v) is 4.58. The van der Waals surface area contributed by atoms with Crippen molar-refractivity contribution in [1.82, 2.24) is 9.13 Å². The Kier molecular flexibility index (Phi) is 6.15. The summed E-state index contributed by atoms with van der Waals surface area (Å²) < 4.78 is 7.66. The number of morpholine rings is 1. The van der Waals surface area contributed by atoms with Crippen LogP contribution in [0.3, 0.4) is 0 Å². The number of nitrogen functional groups attached to an aromatic ring is 1. The van der Waals surface area contributed by atoms with E-state index in [9.17, 15) is 14.4 Å². The molecule has 1 fully saturated rings. The number of hydrogen-bond acceptors (Lipinski definition) is 6. The molecule has 9 heteroatoms. The molecule has 3 rings (SSSR count). The van der Waals surface area contributed by atoms with E-state index in [-0.39, 0.29) is 18.1 Å². The van der Waals surface area contributed by atoms with Gasteiger partial charge in [0.25, 0.3) is 5.56 Å². The third kappa shape index (κ3) is 4.09. The van der Waals surface area contributed by atoms with Crippen molar-refractivity contribution < 1.29 is 9.53 Å². The molecule has 0 bridgehead atoms. The Hall–Kier alpha value is -3.07. The molecule has 1 aliphatic heterocycles. The second-order valence-electron chi connectivity index (χ2n) is 6.57. The van der Waals surface area contributed by atoms with Crippen molar-refractivity contribution in [3.8, 4) is 0 Å². The molecular formula is C19H25N5O4. The van der Waals surface area contributed by atoms with E-state index < -0.39 is 17.2 Å². The Balaban J connectivity index is 1.99. The number of nitrogens with two attached hydrogens (primary N) is 1. The molecule has 2 aromatic rings. The second-order valence-corrected chi connectivity index (χ2v) is 6.57. The van der Waals surface area contributed by atoms with Crippen LogP contribution >= 0.6 is 0 Å². The summed E-state index contributed by atoms with van der Waals surface area (Å²) in [6.45, 7) is 3.84. The van der Waals surface area contributed by atoms with Gasteiger partial charge in [0.15, 0.2) is 0 Å². The first kappa shape index (κ1) is 19.7. The zero-order valence-corrected chi connectivity index (χ0v) is 15.9. The number of hydrogen-bond donors (Lipinski definition) is 2. The molecule has 0 aliphatic carbocycles. The molecule has 0 unspecified atom stereocenters. The minimum Gasteiger partial charge on any atom is -0.383 e. The number of amides is 1. The highest BCUT2D eigenvalue weighted by atomic mass is 16.5. The molecule has 3 N–H and O–H groups in total. The van der Waals surface area contributed by atoms with Crippen LogP contribution in [0, 0.1) is 0 Å². The average molecular weight is 387 g/mol. The van der Waals surface area contributed by atoms with Crippen LogP contribution in [0.25, 0.3) is 0 Å². The lowest BCUT2D eigenvalue weighted by atomic mass is 10.3. The standard InChI is InChI=1S/C19H25N5O4/c1-2-8-23-17(20)16(22-9-11-28-12-10-22)18(26)24(19(23)27)13-15(25)21-14-6-4-3-5-7-14/h3-7H,2,8-13,20H2,1H3,(H,21,25). The highest BCUT2D eigenvalue weighted by Crippen LogP contribution is 2.18. The Morgan fingerprint density at radius 1 is 1.14 bits per heavy atom. The molecule has 0 saturated carbocycles. The number of aromatic nitrogens is 2. The van der Waals surface area contributed by atoms with Gasteiger partial charge >= 0.3 is 5.69 Å². The summed E-state index contributed by atoms with van der Waals surface area (Å²) in [6.07, 6.45) is 0.668. The fraction of sp³-hybridized carbons (Fsp3) is 0.421. The van der Waals surface area contributed by atoms with Crippen molar-refractivity contribution in [1.29, 1.82) is 0 Å². The zero-order valence-electron chi connectivity index (χ0n) is 15.9. The van der Waals surface area contributed by atoms with Crippen LogP contribution in [-0.2, 0) is 22.6 Å². The van der Waals surface area contributed by atoms with Crippen LogP contribution in [0.1, 0.15) is 13.3 Å². The number of nitrogens with zero attached hydrogens (tertiary/aromatic N) is 3. The molecule has 0 atom stereocenters. The van der Waals surface area contributed by atoms with E-state index in [2.05, 4.69) is 5.32 Å². The Labute approximate surface area is 162 Å². The summed E-state index contributed by atoms with van der Waals surface area (Å²) >= 11 is 0. The van der Waals surface area contributed by atoms with Crippen LogP contribution in [0.5, 0.6) is 0 Å². The first-order valence-electron chi connectivity index (χ1n) is 9.33. The summed E-state index contributed by atoms with van der Waals surface area (Å²) in [6, 6.07) is 8.88. The molecule has 9 nitrogen and oxygen atoms in total. The van der Waals surface area contributed by atoms with Gasteiger partial charge in [-0.2, -0.15) is 0 Å². The highest BCUT2D eigenvalue weighted by Gasteiger charge is 2.24. The number of rotatable bonds is 6. The molecule has 1 saturated heterocycles. The molecule has 1 aliphatic rings. The average Bonchev–Trinajstić information content (AvgIpc) is 2.70. The fourth-order valence-electron chi connectivity index (χ4n) is 3.23. The lowest BCUT2D eigenvalue weighted by Gasteiger charge is -2.30. The first-order valence-corrected chi connectivity index (χ1v) is 9.33. The molecule has 28 heavy (non-hydrogen) atoms. The van der Waals surface area contributed by atoms with Gasteiger partial charge in [-0.05, 0) is 18.6 Å². The van der Waals surface area contributed by atoms with E-state index in [1.165, 1.54) is 4.57 Å². The Bertz CT molecular complexity index is 945. The van der Waals surface area contributed by atoms with Gasteiger partial charge in [-0.15, -0.1) is 0 Å². The van der Waals surface area contributed by atoms with E-state index in [4.69, 9.17) is 10.5 Å². The minimum absolute atomic E-state index is 0.137. The van der Waals surface area contributed by atoms with Crippen molar-refractivity contribution in [2.45, 2.75) is 26.4 Å². The quantitative estimate of drug-likeness (QED) is 0.746. The van der Waals surface area contributed by atoms with Gasteiger partial charge < -0.3 is 20.7 Å². The van der Waals surface area contributed by atoms with E-state index >= 15 is 0 Å². The summed E-state index contributed by atoms with van der Waals surface area (Å²) in [4.78, 5) is 40.2. The topological polar surface area (TPSA) is 112 Å². The highest BCUT2D eigenvalue weighted by molar-refractivity contribution is 5.90. The number of ether oxygens (including phenoxy) is 1. The maximum atomic E-state index is 13.1. The number of nitrogens with one attached hydrogen (secondary N) is 1. The SMILES string of the molecule is CCCn1c(N)c(N2CCOCC2)c(=O)n(CC(=O)Nc2ccccc2)c1=O. The Morgan fingerprint density at radius 2 is 1.82 bits per heavy atom. The maximum absolute atomic E-state index is 13.1. The van der Waals surface area contributed by atoms with Crippen LogP contribution < -0.4 is 27.2 Å². The van der Waals surface area contributed by atoms with Gasteiger partial charge in [-0.3, -0.25) is 14.2 Å². The lowest BCUT2D eigenvalue weighted by Crippen LogP contribution is -2.48. The van der Waals surface area contributed by atoms with Crippen molar-refractivity contribution in [3.05, 3.63) is 51.2 Å². The van der Waals surface area contributed by atoms with Gasteiger partial charge in [0.1, 0.15) is 18.1 Å². The summed E-state index contributed by atoms with van der Waals surface area (Å²) in [5, 5.41) is 2.70. The van der Waals surface area contributed by atoms with Crippen molar-refractivity contribution in [2.24, 2.45) is 0 Å². The van der Waals surface area contributed by atoms with Crippen LogP contribution in [0.4, 0.5) is 17.2 Å². The van der Waals surface area contributed by atoms with Crippen molar-refractivity contribution in [2.75, 3.05) is 42.3 Å². The lowest BCUT2D eigenvalue weighted by molar-refractivity contribution is -0.116. The Morgan fingerprint density at radius 3 is 2.46 bits per heavy atom. The van der Waals surface area contributed by atoms with Gasteiger partial charge in [0.05, 0.1) is 13.2 Å². The molecule has 0 radical (unpaired) electrons. The van der Waals surface area contributed by atoms with Crippen LogP contribution in [0.2, 0.25) is 0 Å². The minimum atomic E-state index is -0.579. The number of benzene rings is 1. The number of anilines is 3. The smallest absolute Gasteiger partial charge is 0.333 e. The first-order chi connectivity index (χ1) is 13.5. The van der Waals surface area contributed by atoms with E-state index in [1.807, 2.05) is 17.9 Å². The maximum Gasteiger partial charge on any atom is 0.333 e. The molecule has 2 heterocycles. The van der Waals surface area contributed by atoms with Gasteiger partial charge in [0, 0.05) is 25.3 Å². The number of carbonyl (C=O) groups is 1. The number of carbonyl (C=O) groups excluding carboxylic acids is 1. The van der Waals surface area contributed by atoms with E-state index in [1.54, 1.807) is 24.3 Å². The molecule has 150 valence electrons. The summed E-state index contributed by atoms with van der Waals surface area (Å²) in [7, 11) is 0. The molecule has 1 amide bonds.